The predicted octanol–water partition coefficient (Wildman–Crippen LogP) is 9.67. The summed E-state index contributed by atoms with van der Waals surface area (Å²) >= 11 is 0. The molecule has 0 saturated heterocycles. The first-order valence-corrected chi connectivity index (χ1v) is 15.0. The summed E-state index contributed by atoms with van der Waals surface area (Å²) in [6.45, 7) is 4.52. The van der Waals surface area contributed by atoms with Gasteiger partial charge in [0, 0.05) is 23.2 Å². The van der Waals surface area contributed by atoms with Crippen LogP contribution in [-0.4, -0.2) is 0 Å². The lowest BCUT2D eigenvalue weighted by Crippen LogP contribution is -2.02. The number of nitrogens with two attached hydrogens (primary N) is 2. The van der Waals surface area contributed by atoms with E-state index in [0.717, 1.165) is 37.1 Å². The largest absolute Gasteiger partial charge is 0.399 e. The molecule has 2 atom stereocenters. The molecule has 4 aromatic carbocycles. The lowest BCUT2D eigenvalue weighted by Gasteiger charge is -2.18. The molecule has 0 spiro atoms. The molecule has 4 N–H and O–H groups in total. The minimum atomic E-state index is 0.444. The van der Waals surface area contributed by atoms with E-state index in [0.29, 0.717) is 11.8 Å². The van der Waals surface area contributed by atoms with Gasteiger partial charge in [-0.05, 0) is 96.2 Å². The van der Waals surface area contributed by atoms with Crippen LogP contribution in [0.3, 0.4) is 0 Å². The van der Waals surface area contributed by atoms with E-state index in [9.17, 15) is 0 Å². The van der Waals surface area contributed by atoms with Crippen molar-refractivity contribution in [2.24, 2.45) is 0 Å². The average molecular weight is 519 g/mol. The minimum Gasteiger partial charge on any atom is -0.399 e. The van der Waals surface area contributed by atoms with Gasteiger partial charge in [0.2, 0.25) is 0 Å². The molecule has 0 fully saturated rings. The van der Waals surface area contributed by atoms with Gasteiger partial charge < -0.3 is 11.5 Å². The number of rotatable bonds is 14. The number of hydrogen-bond donors (Lipinski definition) is 2. The van der Waals surface area contributed by atoms with E-state index >= 15 is 0 Å². The molecule has 2 unspecified atom stereocenters. The van der Waals surface area contributed by atoms with Gasteiger partial charge in [-0.2, -0.15) is 0 Å². The molecule has 0 saturated carbocycles. The first-order chi connectivity index (χ1) is 19.1. The summed E-state index contributed by atoms with van der Waals surface area (Å²) in [4.78, 5) is 0. The van der Waals surface area contributed by atoms with Crippen molar-refractivity contribution < 1.29 is 0 Å². The van der Waals surface area contributed by atoms with Crippen LogP contribution in [0.25, 0.3) is 0 Å². The van der Waals surface area contributed by atoms with E-state index in [1.165, 1.54) is 65.5 Å². The number of benzene rings is 4. The fourth-order valence-corrected chi connectivity index (χ4v) is 5.75. The molecule has 39 heavy (non-hydrogen) atoms. The van der Waals surface area contributed by atoms with Gasteiger partial charge in [0.1, 0.15) is 0 Å². The SMILES string of the molecule is CCCC(c1ccc(N)cc1)c1ccc(CCCCCc2ccc(C(CCC)c3ccc(N)cc3)cc2)cc1. The maximum Gasteiger partial charge on any atom is 0.0314 e. The smallest absolute Gasteiger partial charge is 0.0314 e. The van der Waals surface area contributed by atoms with Crippen molar-refractivity contribution in [2.45, 2.75) is 83.5 Å². The normalized spacial score (nSPS) is 12.8. The number of hydrogen-bond acceptors (Lipinski definition) is 2. The van der Waals surface area contributed by atoms with Crippen LogP contribution in [0.1, 0.15) is 104 Å². The summed E-state index contributed by atoms with van der Waals surface area (Å²) < 4.78 is 0. The fraction of sp³-hybridized carbons (Fsp3) is 0.351. The lowest BCUT2D eigenvalue weighted by atomic mass is 9.87. The molecule has 0 radical (unpaired) electrons. The first kappa shape index (κ1) is 28.5. The van der Waals surface area contributed by atoms with Crippen molar-refractivity contribution in [3.8, 4) is 0 Å². The second kappa shape index (κ2) is 14.6. The van der Waals surface area contributed by atoms with Gasteiger partial charge in [-0.15, -0.1) is 0 Å². The van der Waals surface area contributed by atoms with Gasteiger partial charge in [-0.1, -0.05) is 106 Å². The Balaban J connectivity index is 1.24. The van der Waals surface area contributed by atoms with Crippen LogP contribution in [0, 0.1) is 0 Å². The summed E-state index contributed by atoms with van der Waals surface area (Å²) in [5.41, 5.74) is 21.9. The molecule has 0 aliphatic heterocycles. The van der Waals surface area contributed by atoms with E-state index < -0.39 is 0 Å². The third kappa shape index (κ3) is 8.23. The Morgan fingerprint density at radius 2 is 0.744 bits per heavy atom. The number of nitrogen functional groups attached to an aromatic ring is 2. The molecule has 204 valence electrons. The van der Waals surface area contributed by atoms with Crippen LogP contribution in [0.15, 0.2) is 97.1 Å². The van der Waals surface area contributed by atoms with Crippen molar-refractivity contribution in [2.75, 3.05) is 11.5 Å². The lowest BCUT2D eigenvalue weighted by molar-refractivity contribution is 0.675. The van der Waals surface area contributed by atoms with Gasteiger partial charge in [0.15, 0.2) is 0 Å². The zero-order valence-corrected chi connectivity index (χ0v) is 23.9. The van der Waals surface area contributed by atoms with Gasteiger partial charge in [-0.3, -0.25) is 0 Å². The third-order valence-electron chi connectivity index (χ3n) is 8.03. The van der Waals surface area contributed by atoms with E-state index in [1.807, 2.05) is 24.3 Å². The molecule has 0 aromatic heterocycles. The summed E-state index contributed by atoms with van der Waals surface area (Å²) in [6.07, 6.45) is 10.7. The predicted molar refractivity (Wildman–Crippen MR) is 169 cm³/mol. The van der Waals surface area contributed by atoms with E-state index in [2.05, 4.69) is 86.6 Å². The molecule has 4 rings (SSSR count). The second-order valence-electron chi connectivity index (χ2n) is 11.1. The standard InChI is InChI=1S/C37H46N2/c1-3-8-36(32-20-24-34(38)25-21-32)30-16-12-28(13-17-30)10-6-5-7-11-29-14-18-31(19-15-29)37(9-4-2)33-22-26-35(39)27-23-33/h12-27,36-37H,3-11,38-39H2,1-2H3. The topological polar surface area (TPSA) is 52.0 Å². The van der Waals surface area contributed by atoms with Gasteiger partial charge in [0.25, 0.3) is 0 Å². The van der Waals surface area contributed by atoms with Crippen molar-refractivity contribution in [1.29, 1.82) is 0 Å². The van der Waals surface area contributed by atoms with Crippen LogP contribution in [0.5, 0.6) is 0 Å². The van der Waals surface area contributed by atoms with Crippen molar-refractivity contribution >= 4 is 11.4 Å². The van der Waals surface area contributed by atoms with E-state index in [-0.39, 0.29) is 0 Å². The highest BCUT2D eigenvalue weighted by Gasteiger charge is 2.14. The summed E-state index contributed by atoms with van der Waals surface area (Å²) in [5, 5.41) is 0. The molecule has 0 amide bonds. The Kier molecular flexibility index (Phi) is 10.7. The van der Waals surface area contributed by atoms with Gasteiger partial charge in [0.05, 0.1) is 0 Å². The van der Waals surface area contributed by atoms with Crippen molar-refractivity contribution in [3.63, 3.8) is 0 Å². The Hall–Kier alpha value is -3.52. The van der Waals surface area contributed by atoms with Crippen LogP contribution in [0.2, 0.25) is 0 Å². The summed E-state index contributed by atoms with van der Waals surface area (Å²) in [7, 11) is 0. The highest BCUT2D eigenvalue weighted by molar-refractivity contribution is 5.44. The average Bonchev–Trinajstić information content (AvgIpc) is 2.96. The van der Waals surface area contributed by atoms with Crippen molar-refractivity contribution in [1.82, 2.24) is 0 Å². The zero-order valence-electron chi connectivity index (χ0n) is 23.9. The van der Waals surface area contributed by atoms with Gasteiger partial charge in [-0.25, -0.2) is 0 Å². The monoisotopic (exact) mass is 518 g/mol. The summed E-state index contributed by atoms with van der Waals surface area (Å²) in [5.74, 6) is 0.888. The Labute approximate surface area is 236 Å². The number of anilines is 2. The van der Waals surface area contributed by atoms with E-state index in [4.69, 9.17) is 11.5 Å². The molecule has 4 aromatic rings. The summed E-state index contributed by atoms with van der Waals surface area (Å²) in [6, 6.07) is 35.5. The third-order valence-corrected chi connectivity index (χ3v) is 8.03. The van der Waals surface area contributed by atoms with Crippen LogP contribution in [0.4, 0.5) is 11.4 Å². The molecule has 2 nitrogen and oxygen atoms in total. The molecule has 0 bridgehead atoms. The molecular weight excluding hydrogens is 472 g/mol. The Morgan fingerprint density at radius 3 is 1.05 bits per heavy atom. The fourth-order valence-electron chi connectivity index (χ4n) is 5.75. The molecule has 0 heterocycles. The minimum absolute atomic E-state index is 0.444. The molecule has 0 aliphatic rings. The van der Waals surface area contributed by atoms with Crippen LogP contribution in [-0.2, 0) is 12.8 Å². The highest BCUT2D eigenvalue weighted by atomic mass is 14.5. The first-order valence-electron chi connectivity index (χ1n) is 15.0. The molecule has 0 aliphatic carbocycles. The molecule has 2 heteroatoms. The number of aryl methyl sites for hydroxylation is 2. The quantitative estimate of drug-likeness (QED) is 0.129. The highest BCUT2D eigenvalue weighted by Crippen LogP contribution is 2.31. The molecular formula is C37H46N2. The van der Waals surface area contributed by atoms with Crippen LogP contribution >= 0.6 is 0 Å². The zero-order chi connectivity index (χ0) is 27.5. The maximum atomic E-state index is 5.91. The van der Waals surface area contributed by atoms with Crippen molar-refractivity contribution in [3.05, 3.63) is 130 Å². The Morgan fingerprint density at radius 1 is 0.436 bits per heavy atom. The van der Waals surface area contributed by atoms with E-state index in [1.54, 1.807) is 0 Å². The van der Waals surface area contributed by atoms with Gasteiger partial charge >= 0.3 is 0 Å². The van der Waals surface area contributed by atoms with Crippen LogP contribution < -0.4 is 11.5 Å². The number of unbranched alkanes of at least 4 members (excludes halogenated alkanes) is 2. The maximum absolute atomic E-state index is 5.91. The second-order valence-corrected chi connectivity index (χ2v) is 11.1. The Bertz CT molecular complexity index is 1140.